The van der Waals surface area contributed by atoms with Crippen LogP contribution in [-0.4, -0.2) is 0 Å². The maximum atomic E-state index is 13.9. The van der Waals surface area contributed by atoms with Crippen LogP contribution in [0.15, 0.2) is 42.5 Å². The molecule has 4 heteroatoms. The van der Waals surface area contributed by atoms with Gasteiger partial charge in [-0.1, -0.05) is 49.6 Å². The monoisotopic (exact) mass is 309 g/mol. The molecule has 0 aliphatic carbocycles. The number of para-hydroxylation sites is 1. The molecule has 112 valence electrons. The molecule has 2 aromatic rings. The van der Waals surface area contributed by atoms with Crippen LogP contribution in [0.4, 0.5) is 14.5 Å². The second-order valence-electron chi connectivity index (χ2n) is 4.99. The summed E-state index contributed by atoms with van der Waals surface area (Å²) >= 11 is 6.06. The Bertz CT molecular complexity index is 564. The van der Waals surface area contributed by atoms with Gasteiger partial charge < -0.3 is 5.32 Å². The number of rotatable bonds is 6. The van der Waals surface area contributed by atoms with Crippen molar-refractivity contribution < 1.29 is 8.78 Å². The Labute approximate surface area is 128 Å². The molecule has 21 heavy (non-hydrogen) atoms. The van der Waals surface area contributed by atoms with Gasteiger partial charge in [-0.3, -0.25) is 0 Å². The average Bonchev–Trinajstić information content (AvgIpc) is 2.47. The average molecular weight is 310 g/mol. The lowest BCUT2D eigenvalue weighted by molar-refractivity contribution is 0.603. The van der Waals surface area contributed by atoms with E-state index in [2.05, 4.69) is 12.2 Å². The van der Waals surface area contributed by atoms with Crippen molar-refractivity contribution in [2.75, 3.05) is 5.32 Å². The van der Waals surface area contributed by atoms with Gasteiger partial charge in [0.2, 0.25) is 0 Å². The Morgan fingerprint density at radius 2 is 1.81 bits per heavy atom. The van der Waals surface area contributed by atoms with Crippen molar-refractivity contribution in [1.29, 1.82) is 0 Å². The fourth-order valence-electron chi connectivity index (χ4n) is 2.24. The Balaban J connectivity index is 2.26. The minimum absolute atomic E-state index is 0.0973. The normalized spacial score (nSPS) is 12.2. The van der Waals surface area contributed by atoms with Gasteiger partial charge in [-0.2, -0.15) is 0 Å². The van der Waals surface area contributed by atoms with Crippen LogP contribution < -0.4 is 5.32 Å². The lowest BCUT2D eigenvalue weighted by Gasteiger charge is -2.21. The highest BCUT2D eigenvalue weighted by Gasteiger charge is 2.15. The lowest BCUT2D eigenvalue weighted by atomic mass is 10.0. The van der Waals surface area contributed by atoms with E-state index in [1.165, 1.54) is 18.2 Å². The summed E-state index contributed by atoms with van der Waals surface area (Å²) in [4.78, 5) is 0. The van der Waals surface area contributed by atoms with Crippen molar-refractivity contribution >= 4 is 17.3 Å². The summed E-state index contributed by atoms with van der Waals surface area (Å²) in [5.41, 5.74) is 1.22. The molecule has 2 rings (SSSR count). The standard InChI is InChI=1S/C17H18ClF2N/c1-2-3-7-16(12-8-10-13(19)11-9-12)21-17-14(18)5-4-6-15(17)20/h4-6,8-11,16,21H,2-3,7H2,1H3. The van der Waals surface area contributed by atoms with E-state index in [4.69, 9.17) is 11.6 Å². The van der Waals surface area contributed by atoms with Crippen LogP contribution >= 0.6 is 11.6 Å². The molecule has 2 aromatic carbocycles. The molecule has 0 aliphatic rings. The largest absolute Gasteiger partial charge is 0.375 e. The Kier molecular flexibility index (Phi) is 5.57. The van der Waals surface area contributed by atoms with Gasteiger partial charge in [0, 0.05) is 0 Å². The zero-order chi connectivity index (χ0) is 15.2. The molecule has 1 nitrogen and oxygen atoms in total. The zero-order valence-corrected chi connectivity index (χ0v) is 12.6. The number of hydrogen-bond acceptors (Lipinski definition) is 1. The summed E-state index contributed by atoms with van der Waals surface area (Å²) in [7, 11) is 0. The first-order chi connectivity index (χ1) is 10.1. The zero-order valence-electron chi connectivity index (χ0n) is 11.9. The van der Waals surface area contributed by atoms with E-state index in [9.17, 15) is 8.78 Å². The van der Waals surface area contributed by atoms with Crippen LogP contribution in [0.5, 0.6) is 0 Å². The maximum absolute atomic E-state index is 13.9. The van der Waals surface area contributed by atoms with Crippen LogP contribution in [0.3, 0.4) is 0 Å². The molecule has 0 fully saturated rings. The number of nitrogens with one attached hydrogen (secondary N) is 1. The second kappa shape index (κ2) is 7.41. The predicted octanol–water partition coefficient (Wildman–Crippen LogP) is 5.96. The number of hydrogen-bond donors (Lipinski definition) is 1. The highest BCUT2D eigenvalue weighted by Crippen LogP contribution is 2.31. The highest BCUT2D eigenvalue weighted by atomic mass is 35.5. The number of halogens is 3. The fourth-order valence-corrected chi connectivity index (χ4v) is 2.45. The third kappa shape index (κ3) is 4.18. The van der Waals surface area contributed by atoms with Gasteiger partial charge in [-0.05, 0) is 36.2 Å². The van der Waals surface area contributed by atoms with Crippen molar-refractivity contribution in [2.24, 2.45) is 0 Å². The van der Waals surface area contributed by atoms with Gasteiger partial charge >= 0.3 is 0 Å². The third-order valence-corrected chi connectivity index (χ3v) is 3.72. The minimum Gasteiger partial charge on any atom is -0.375 e. The summed E-state index contributed by atoms with van der Waals surface area (Å²) < 4.78 is 27.0. The molecule has 0 saturated carbocycles. The number of benzene rings is 2. The molecule has 0 aliphatic heterocycles. The SMILES string of the molecule is CCCCC(Nc1c(F)cccc1Cl)c1ccc(F)cc1. The molecular formula is C17H18ClF2N. The van der Waals surface area contributed by atoms with E-state index in [0.717, 1.165) is 24.8 Å². The fraction of sp³-hybridized carbons (Fsp3) is 0.294. The van der Waals surface area contributed by atoms with E-state index in [1.54, 1.807) is 24.3 Å². The van der Waals surface area contributed by atoms with Crippen molar-refractivity contribution in [2.45, 2.75) is 32.2 Å². The van der Waals surface area contributed by atoms with E-state index in [0.29, 0.717) is 10.7 Å². The lowest BCUT2D eigenvalue weighted by Crippen LogP contribution is -2.12. The van der Waals surface area contributed by atoms with E-state index in [1.807, 2.05) is 0 Å². The Morgan fingerprint density at radius 1 is 1.10 bits per heavy atom. The summed E-state index contributed by atoms with van der Waals surface area (Å²) in [6, 6.07) is 10.8. The molecule has 1 unspecified atom stereocenters. The first-order valence-electron chi connectivity index (χ1n) is 7.08. The molecule has 0 spiro atoms. The van der Waals surface area contributed by atoms with Gasteiger partial charge in [0.1, 0.15) is 11.6 Å². The van der Waals surface area contributed by atoms with Crippen molar-refractivity contribution in [1.82, 2.24) is 0 Å². The smallest absolute Gasteiger partial charge is 0.147 e. The molecule has 0 saturated heterocycles. The van der Waals surface area contributed by atoms with Crippen molar-refractivity contribution in [3.63, 3.8) is 0 Å². The van der Waals surface area contributed by atoms with E-state index >= 15 is 0 Å². The molecule has 1 N–H and O–H groups in total. The van der Waals surface area contributed by atoms with Gasteiger partial charge in [-0.15, -0.1) is 0 Å². The van der Waals surface area contributed by atoms with Gasteiger partial charge in [0.15, 0.2) is 0 Å². The van der Waals surface area contributed by atoms with Gasteiger partial charge in [0.25, 0.3) is 0 Å². The minimum atomic E-state index is -0.383. The number of anilines is 1. The summed E-state index contributed by atoms with van der Waals surface area (Å²) in [5, 5.41) is 3.50. The van der Waals surface area contributed by atoms with Crippen LogP contribution in [0.25, 0.3) is 0 Å². The molecule has 0 radical (unpaired) electrons. The van der Waals surface area contributed by atoms with Crippen LogP contribution in [-0.2, 0) is 0 Å². The molecule has 0 amide bonds. The highest BCUT2D eigenvalue weighted by molar-refractivity contribution is 6.33. The van der Waals surface area contributed by atoms with Crippen LogP contribution in [0.2, 0.25) is 5.02 Å². The second-order valence-corrected chi connectivity index (χ2v) is 5.39. The third-order valence-electron chi connectivity index (χ3n) is 3.40. The topological polar surface area (TPSA) is 12.0 Å². The van der Waals surface area contributed by atoms with Crippen molar-refractivity contribution in [3.05, 3.63) is 64.7 Å². The summed E-state index contributed by atoms with van der Waals surface area (Å²) in [6.07, 6.45) is 2.85. The van der Waals surface area contributed by atoms with E-state index in [-0.39, 0.29) is 17.7 Å². The maximum Gasteiger partial charge on any atom is 0.147 e. The van der Waals surface area contributed by atoms with Gasteiger partial charge in [0.05, 0.1) is 16.8 Å². The predicted molar refractivity (Wildman–Crippen MR) is 83.7 cm³/mol. The quantitative estimate of drug-likeness (QED) is 0.694. The van der Waals surface area contributed by atoms with Crippen LogP contribution in [0.1, 0.15) is 37.8 Å². The molecule has 1 atom stereocenters. The summed E-state index contributed by atoms with van der Waals surface area (Å²) in [5.74, 6) is -0.664. The first-order valence-corrected chi connectivity index (χ1v) is 7.45. The first kappa shape index (κ1) is 15.8. The Morgan fingerprint density at radius 3 is 2.43 bits per heavy atom. The number of unbranched alkanes of at least 4 members (excludes halogenated alkanes) is 1. The molecule has 0 aromatic heterocycles. The van der Waals surface area contributed by atoms with E-state index < -0.39 is 0 Å². The Hall–Kier alpha value is -1.61. The molecular weight excluding hydrogens is 292 g/mol. The van der Waals surface area contributed by atoms with Crippen LogP contribution in [0, 0.1) is 11.6 Å². The molecule has 0 bridgehead atoms. The van der Waals surface area contributed by atoms with Gasteiger partial charge in [-0.25, -0.2) is 8.78 Å². The molecule has 0 heterocycles. The summed E-state index contributed by atoms with van der Waals surface area (Å²) in [6.45, 7) is 2.10. The van der Waals surface area contributed by atoms with Crippen molar-refractivity contribution in [3.8, 4) is 0 Å².